The lowest BCUT2D eigenvalue weighted by atomic mass is 10.0. The van der Waals surface area contributed by atoms with Crippen molar-refractivity contribution in [2.75, 3.05) is 0 Å². The van der Waals surface area contributed by atoms with Gasteiger partial charge in [-0.05, 0) is 22.5 Å². The van der Waals surface area contributed by atoms with Crippen molar-refractivity contribution in [1.82, 2.24) is 10.3 Å². The topological polar surface area (TPSA) is 68.0 Å². The Hall–Kier alpha value is -1.42. The first-order valence-corrected chi connectivity index (χ1v) is 6.26. The summed E-state index contributed by atoms with van der Waals surface area (Å²) in [4.78, 5) is 16.2. The molecule has 2 rings (SSSR count). The molecule has 1 fully saturated rings. The van der Waals surface area contributed by atoms with E-state index in [0.29, 0.717) is 12.2 Å². The number of nitrogens with two attached hydrogens (primary N) is 1. The molecular formula is C14H21N3O. The van der Waals surface area contributed by atoms with Crippen molar-refractivity contribution >= 4 is 5.91 Å². The Balaban J connectivity index is 2.05. The van der Waals surface area contributed by atoms with E-state index in [1.54, 1.807) is 12.3 Å². The minimum Gasteiger partial charge on any atom is -0.347 e. The summed E-state index contributed by atoms with van der Waals surface area (Å²) in [6.07, 6.45) is 1.65. The number of pyridine rings is 1. The van der Waals surface area contributed by atoms with E-state index in [4.69, 9.17) is 5.73 Å². The minimum atomic E-state index is -0.109. The van der Waals surface area contributed by atoms with Gasteiger partial charge >= 0.3 is 0 Å². The van der Waals surface area contributed by atoms with Crippen molar-refractivity contribution in [2.24, 2.45) is 16.6 Å². The number of carbonyl (C=O) groups is 1. The van der Waals surface area contributed by atoms with Gasteiger partial charge in [0.05, 0.1) is 0 Å². The predicted octanol–water partition coefficient (Wildman–Crippen LogP) is 1.70. The van der Waals surface area contributed by atoms with Crippen molar-refractivity contribution in [3.8, 4) is 0 Å². The second kappa shape index (κ2) is 4.05. The molecular weight excluding hydrogens is 226 g/mol. The second-order valence-electron chi connectivity index (χ2n) is 6.11. The SMILES string of the molecule is CC1(C)C(NC(=O)c2ccc(CN)cn2)C1(C)C. The van der Waals surface area contributed by atoms with Gasteiger partial charge < -0.3 is 11.1 Å². The van der Waals surface area contributed by atoms with Gasteiger partial charge in [-0.1, -0.05) is 33.8 Å². The molecule has 0 aliphatic heterocycles. The van der Waals surface area contributed by atoms with Crippen molar-refractivity contribution in [1.29, 1.82) is 0 Å². The van der Waals surface area contributed by atoms with Gasteiger partial charge in [0.1, 0.15) is 5.69 Å². The molecule has 1 saturated carbocycles. The lowest BCUT2D eigenvalue weighted by Crippen LogP contribution is -2.30. The van der Waals surface area contributed by atoms with Crippen LogP contribution in [0.25, 0.3) is 0 Å². The van der Waals surface area contributed by atoms with Crippen molar-refractivity contribution in [3.63, 3.8) is 0 Å². The van der Waals surface area contributed by atoms with E-state index in [2.05, 4.69) is 38.0 Å². The van der Waals surface area contributed by atoms with Crippen molar-refractivity contribution in [2.45, 2.75) is 40.3 Å². The molecule has 0 saturated heterocycles. The Morgan fingerprint density at radius 3 is 2.33 bits per heavy atom. The third kappa shape index (κ3) is 1.90. The van der Waals surface area contributed by atoms with E-state index in [0.717, 1.165) is 5.56 Å². The highest BCUT2D eigenvalue weighted by Crippen LogP contribution is 2.62. The second-order valence-corrected chi connectivity index (χ2v) is 6.11. The van der Waals surface area contributed by atoms with E-state index < -0.39 is 0 Å². The third-order valence-corrected chi connectivity index (χ3v) is 4.59. The van der Waals surface area contributed by atoms with Crippen LogP contribution in [0.1, 0.15) is 43.7 Å². The predicted molar refractivity (Wildman–Crippen MR) is 70.9 cm³/mol. The summed E-state index contributed by atoms with van der Waals surface area (Å²) in [7, 11) is 0. The number of hydrogen-bond acceptors (Lipinski definition) is 3. The summed E-state index contributed by atoms with van der Waals surface area (Å²) in [6.45, 7) is 9.12. The summed E-state index contributed by atoms with van der Waals surface area (Å²) in [5, 5.41) is 3.06. The normalized spacial score (nSPS) is 20.5. The van der Waals surface area contributed by atoms with E-state index in [1.807, 2.05) is 6.07 Å². The van der Waals surface area contributed by atoms with E-state index >= 15 is 0 Å². The maximum Gasteiger partial charge on any atom is 0.270 e. The summed E-state index contributed by atoms with van der Waals surface area (Å²) >= 11 is 0. The molecule has 1 heterocycles. The molecule has 4 heteroatoms. The number of nitrogens with one attached hydrogen (secondary N) is 1. The maximum absolute atomic E-state index is 12.1. The van der Waals surface area contributed by atoms with E-state index in [-0.39, 0.29) is 22.8 Å². The molecule has 1 aromatic rings. The summed E-state index contributed by atoms with van der Waals surface area (Å²) in [6, 6.07) is 3.76. The molecule has 0 bridgehead atoms. The van der Waals surface area contributed by atoms with Gasteiger partial charge in [-0.25, -0.2) is 0 Å². The fraction of sp³-hybridized carbons (Fsp3) is 0.571. The standard InChI is InChI=1S/C14H21N3O/c1-13(2)12(14(13,3)4)17-11(18)10-6-5-9(7-15)8-16-10/h5-6,8,12H,7,15H2,1-4H3,(H,17,18). The average molecular weight is 247 g/mol. The molecule has 0 radical (unpaired) electrons. The van der Waals surface area contributed by atoms with Gasteiger partial charge in [0.25, 0.3) is 5.91 Å². The summed E-state index contributed by atoms with van der Waals surface area (Å²) in [5.74, 6) is -0.109. The zero-order valence-corrected chi connectivity index (χ0v) is 11.4. The average Bonchev–Trinajstić information content (AvgIpc) is 2.72. The largest absolute Gasteiger partial charge is 0.347 e. The van der Waals surface area contributed by atoms with E-state index in [9.17, 15) is 4.79 Å². The Bertz CT molecular complexity index is 448. The minimum absolute atomic E-state index is 0.109. The van der Waals surface area contributed by atoms with Crippen LogP contribution in [-0.4, -0.2) is 16.9 Å². The van der Waals surface area contributed by atoms with Crippen LogP contribution in [0.3, 0.4) is 0 Å². The van der Waals surface area contributed by atoms with Gasteiger partial charge in [-0.3, -0.25) is 9.78 Å². The monoisotopic (exact) mass is 247 g/mol. The molecule has 0 atom stereocenters. The summed E-state index contributed by atoms with van der Waals surface area (Å²) < 4.78 is 0. The molecule has 98 valence electrons. The third-order valence-electron chi connectivity index (χ3n) is 4.59. The molecule has 0 aromatic carbocycles. The van der Waals surface area contributed by atoms with Gasteiger partial charge in [-0.15, -0.1) is 0 Å². The molecule has 1 aliphatic carbocycles. The fourth-order valence-corrected chi connectivity index (χ4v) is 2.44. The van der Waals surface area contributed by atoms with Crippen LogP contribution in [0.5, 0.6) is 0 Å². The zero-order chi connectivity index (χ0) is 13.6. The highest BCUT2D eigenvalue weighted by Gasteiger charge is 2.65. The highest BCUT2D eigenvalue weighted by atomic mass is 16.2. The van der Waals surface area contributed by atoms with Crippen molar-refractivity contribution < 1.29 is 4.79 Å². The Labute approximate surface area is 108 Å². The Morgan fingerprint density at radius 1 is 1.33 bits per heavy atom. The molecule has 1 aliphatic rings. The van der Waals surface area contributed by atoms with Gasteiger partial charge in [0.2, 0.25) is 0 Å². The number of carbonyl (C=O) groups excluding carboxylic acids is 1. The first-order chi connectivity index (χ1) is 8.30. The zero-order valence-electron chi connectivity index (χ0n) is 11.4. The van der Waals surface area contributed by atoms with Crippen LogP contribution < -0.4 is 11.1 Å². The maximum atomic E-state index is 12.1. The molecule has 0 unspecified atom stereocenters. The Kier molecular flexibility index (Phi) is 2.93. The lowest BCUT2D eigenvalue weighted by molar-refractivity contribution is 0.0938. The summed E-state index contributed by atoms with van der Waals surface area (Å²) in [5.41, 5.74) is 7.15. The van der Waals surface area contributed by atoms with Crippen LogP contribution in [0.4, 0.5) is 0 Å². The Morgan fingerprint density at radius 2 is 1.94 bits per heavy atom. The number of hydrogen-bond donors (Lipinski definition) is 2. The quantitative estimate of drug-likeness (QED) is 0.854. The molecule has 18 heavy (non-hydrogen) atoms. The molecule has 3 N–H and O–H groups in total. The smallest absolute Gasteiger partial charge is 0.270 e. The van der Waals surface area contributed by atoms with Crippen LogP contribution in [0.2, 0.25) is 0 Å². The lowest BCUT2D eigenvalue weighted by Gasteiger charge is -2.06. The van der Waals surface area contributed by atoms with Crippen molar-refractivity contribution in [3.05, 3.63) is 29.6 Å². The highest BCUT2D eigenvalue weighted by molar-refractivity contribution is 5.92. The van der Waals surface area contributed by atoms with Crippen LogP contribution in [-0.2, 0) is 6.54 Å². The van der Waals surface area contributed by atoms with Crippen LogP contribution in [0, 0.1) is 10.8 Å². The number of rotatable bonds is 3. The number of amides is 1. The van der Waals surface area contributed by atoms with Gasteiger partial charge in [0.15, 0.2) is 0 Å². The van der Waals surface area contributed by atoms with Crippen LogP contribution in [0.15, 0.2) is 18.3 Å². The molecule has 0 spiro atoms. The molecule has 4 nitrogen and oxygen atoms in total. The fourth-order valence-electron chi connectivity index (χ4n) is 2.44. The van der Waals surface area contributed by atoms with Crippen LogP contribution >= 0.6 is 0 Å². The number of nitrogens with zero attached hydrogens (tertiary/aromatic N) is 1. The molecule has 1 aromatic heterocycles. The molecule has 1 amide bonds. The first-order valence-electron chi connectivity index (χ1n) is 6.26. The first kappa shape index (κ1) is 13.0. The van der Waals surface area contributed by atoms with Gasteiger partial charge in [0, 0.05) is 18.8 Å². The van der Waals surface area contributed by atoms with Gasteiger partial charge in [-0.2, -0.15) is 0 Å². The van der Waals surface area contributed by atoms with E-state index in [1.165, 1.54) is 0 Å². The number of aromatic nitrogens is 1.